The summed E-state index contributed by atoms with van der Waals surface area (Å²) in [4.78, 5) is 15.9. The van der Waals surface area contributed by atoms with Gasteiger partial charge in [0.1, 0.15) is 24.0 Å². The van der Waals surface area contributed by atoms with Crippen molar-refractivity contribution in [2.75, 3.05) is 0 Å². The molecule has 3 aromatic rings. The van der Waals surface area contributed by atoms with Crippen molar-refractivity contribution in [3.05, 3.63) is 65.6 Å². The largest absolute Gasteiger partial charge is 0.487 e. The third-order valence-corrected chi connectivity index (χ3v) is 4.60. The zero-order valence-electron chi connectivity index (χ0n) is 16.6. The fourth-order valence-electron chi connectivity index (χ4n) is 3.12. The van der Waals surface area contributed by atoms with Crippen LogP contribution in [0.5, 0.6) is 5.75 Å². The summed E-state index contributed by atoms with van der Waals surface area (Å²) in [6, 6.07) is 11.2. The van der Waals surface area contributed by atoms with Crippen LogP contribution < -0.4 is 10.1 Å². The van der Waals surface area contributed by atoms with Crippen molar-refractivity contribution < 1.29 is 14.6 Å². The van der Waals surface area contributed by atoms with Gasteiger partial charge in [0, 0.05) is 18.9 Å². The van der Waals surface area contributed by atoms with E-state index in [2.05, 4.69) is 10.3 Å². The summed E-state index contributed by atoms with van der Waals surface area (Å²) in [6.45, 7) is 6.99. The lowest BCUT2D eigenvalue weighted by Crippen LogP contribution is -2.37. The predicted molar refractivity (Wildman–Crippen MR) is 108 cm³/mol. The van der Waals surface area contributed by atoms with Crippen LogP contribution in [0.3, 0.4) is 0 Å². The van der Waals surface area contributed by atoms with Crippen LogP contribution in [0.15, 0.2) is 48.8 Å². The summed E-state index contributed by atoms with van der Waals surface area (Å²) in [5.41, 5.74) is 3.96. The van der Waals surface area contributed by atoms with Crippen molar-refractivity contribution in [3.8, 4) is 5.75 Å². The second-order valence-electron chi connectivity index (χ2n) is 7.49. The van der Waals surface area contributed by atoms with Gasteiger partial charge in [0.2, 0.25) is 0 Å². The SMILES string of the molecule is Cc1cccn2cc(COc3ccc(CN[C@@H](CC(C)C)C(=O)O)cc3)nc12. The van der Waals surface area contributed by atoms with Gasteiger partial charge in [-0.15, -0.1) is 0 Å². The van der Waals surface area contributed by atoms with Crippen LogP contribution in [0.25, 0.3) is 5.65 Å². The van der Waals surface area contributed by atoms with E-state index in [1.54, 1.807) is 0 Å². The van der Waals surface area contributed by atoms with Crippen molar-refractivity contribution in [3.63, 3.8) is 0 Å². The number of aliphatic carboxylic acids is 1. The van der Waals surface area contributed by atoms with Gasteiger partial charge in [-0.2, -0.15) is 0 Å². The normalized spacial score (nSPS) is 12.4. The molecule has 6 heteroatoms. The predicted octanol–water partition coefficient (Wildman–Crippen LogP) is 3.81. The molecule has 0 unspecified atom stereocenters. The molecule has 0 saturated carbocycles. The summed E-state index contributed by atoms with van der Waals surface area (Å²) in [5, 5.41) is 12.4. The third kappa shape index (κ3) is 5.10. The van der Waals surface area contributed by atoms with Crippen molar-refractivity contribution in [2.45, 2.75) is 46.4 Å². The van der Waals surface area contributed by atoms with Gasteiger partial charge >= 0.3 is 5.97 Å². The summed E-state index contributed by atoms with van der Waals surface area (Å²) in [6.07, 6.45) is 4.56. The molecule has 0 radical (unpaired) electrons. The first-order chi connectivity index (χ1) is 13.4. The second-order valence-corrected chi connectivity index (χ2v) is 7.49. The molecule has 0 fully saturated rings. The fraction of sp³-hybridized carbons (Fsp3) is 0.364. The molecule has 28 heavy (non-hydrogen) atoms. The molecule has 0 aliphatic carbocycles. The molecule has 0 aliphatic heterocycles. The number of nitrogens with zero attached hydrogens (tertiary/aromatic N) is 2. The van der Waals surface area contributed by atoms with Gasteiger partial charge in [0.15, 0.2) is 0 Å². The highest BCUT2D eigenvalue weighted by atomic mass is 16.5. The Balaban J connectivity index is 1.55. The Morgan fingerprint density at radius 1 is 1.25 bits per heavy atom. The molecular weight excluding hydrogens is 354 g/mol. The number of carboxylic acid groups (broad SMARTS) is 1. The maximum absolute atomic E-state index is 11.3. The number of fused-ring (bicyclic) bond motifs is 1. The van der Waals surface area contributed by atoms with E-state index in [1.165, 1.54) is 0 Å². The number of benzene rings is 1. The smallest absolute Gasteiger partial charge is 0.320 e. The standard InChI is InChI=1S/C22H27N3O3/c1-15(2)11-20(22(26)27)23-12-17-6-8-19(9-7-17)28-14-18-13-25-10-4-5-16(3)21(25)24-18/h4-10,13,15,20,23H,11-12,14H2,1-3H3,(H,26,27)/t20-/m0/s1. The minimum atomic E-state index is -0.809. The zero-order chi connectivity index (χ0) is 20.1. The Labute approximate surface area is 165 Å². The maximum atomic E-state index is 11.3. The average Bonchev–Trinajstić information content (AvgIpc) is 3.08. The average molecular weight is 381 g/mol. The molecule has 1 aromatic carbocycles. The minimum Gasteiger partial charge on any atom is -0.487 e. The van der Waals surface area contributed by atoms with Crippen LogP contribution >= 0.6 is 0 Å². The third-order valence-electron chi connectivity index (χ3n) is 4.60. The van der Waals surface area contributed by atoms with Crippen molar-refractivity contribution in [2.24, 2.45) is 5.92 Å². The van der Waals surface area contributed by atoms with Crippen LogP contribution in [-0.2, 0) is 17.9 Å². The second kappa shape index (κ2) is 8.89. The number of aromatic nitrogens is 2. The van der Waals surface area contributed by atoms with Gasteiger partial charge in [-0.3, -0.25) is 4.79 Å². The summed E-state index contributed by atoms with van der Waals surface area (Å²) >= 11 is 0. The van der Waals surface area contributed by atoms with Gasteiger partial charge in [-0.1, -0.05) is 32.0 Å². The number of pyridine rings is 1. The molecule has 1 atom stereocenters. The number of imidazole rings is 1. The van der Waals surface area contributed by atoms with Crippen LogP contribution in [0.4, 0.5) is 0 Å². The molecule has 148 valence electrons. The number of hydrogen-bond acceptors (Lipinski definition) is 4. The Bertz CT molecular complexity index is 932. The number of nitrogens with one attached hydrogen (secondary N) is 1. The number of hydrogen-bond donors (Lipinski definition) is 2. The molecule has 0 amide bonds. The first kappa shape index (κ1) is 19.9. The van der Waals surface area contributed by atoms with E-state index in [0.29, 0.717) is 25.5 Å². The van der Waals surface area contributed by atoms with Crippen molar-refractivity contribution >= 4 is 11.6 Å². The van der Waals surface area contributed by atoms with Gasteiger partial charge < -0.3 is 19.6 Å². The number of aryl methyl sites for hydroxylation is 1. The number of carbonyl (C=O) groups is 1. The quantitative estimate of drug-likeness (QED) is 0.589. The molecule has 0 saturated heterocycles. The highest BCUT2D eigenvalue weighted by Gasteiger charge is 2.17. The molecule has 0 spiro atoms. The molecule has 6 nitrogen and oxygen atoms in total. The molecule has 2 N–H and O–H groups in total. The Kier molecular flexibility index (Phi) is 6.31. The molecule has 2 heterocycles. The molecule has 3 rings (SSSR count). The lowest BCUT2D eigenvalue weighted by atomic mass is 10.0. The van der Waals surface area contributed by atoms with Crippen LogP contribution in [0.2, 0.25) is 0 Å². The lowest BCUT2D eigenvalue weighted by molar-refractivity contribution is -0.140. The van der Waals surface area contributed by atoms with Crippen LogP contribution in [0, 0.1) is 12.8 Å². The Morgan fingerprint density at radius 2 is 2.00 bits per heavy atom. The number of carboxylic acids is 1. The van der Waals surface area contributed by atoms with Crippen molar-refractivity contribution in [1.29, 1.82) is 0 Å². The first-order valence-corrected chi connectivity index (χ1v) is 9.53. The van der Waals surface area contributed by atoms with E-state index in [-0.39, 0.29) is 0 Å². The van der Waals surface area contributed by atoms with Gasteiger partial charge in [0.05, 0.1) is 5.69 Å². The van der Waals surface area contributed by atoms with Gasteiger partial charge in [-0.25, -0.2) is 4.98 Å². The lowest BCUT2D eigenvalue weighted by Gasteiger charge is -2.16. The minimum absolute atomic E-state index is 0.327. The molecular formula is C22H27N3O3. The van der Waals surface area contributed by atoms with Crippen molar-refractivity contribution in [1.82, 2.24) is 14.7 Å². The Morgan fingerprint density at radius 3 is 2.64 bits per heavy atom. The summed E-state index contributed by atoms with van der Waals surface area (Å²) in [7, 11) is 0. The monoisotopic (exact) mass is 381 g/mol. The maximum Gasteiger partial charge on any atom is 0.320 e. The van der Waals surface area contributed by atoms with E-state index in [1.807, 2.05) is 74.0 Å². The summed E-state index contributed by atoms with van der Waals surface area (Å²) < 4.78 is 7.84. The van der Waals surface area contributed by atoms with Crippen LogP contribution in [0.1, 0.15) is 37.1 Å². The number of ether oxygens (including phenoxy) is 1. The molecule has 0 bridgehead atoms. The number of rotatable bonds is 9. The highest BCUT2D eigenvalue weighted by molar-refractivity contribution is 5.73. The van der Waals surface area contributed by atoms with E-state index in [0.717, 1.165) is 28.2 Å². The van der Waals surface area contributed by atoms with E-state index in [4.69, 9.17) is 4.74 Å². The van der Waals surface area contributed by atoms with E-state index < -0.39 is 12.0 Å². The van der Waals surface area contributed by atoms with Gasteiger partial charge in [0.25, 0.3) is 0 Å². The first-order valence-electron chi connectivity index (χ1n) is 9.53. The van der Waals surface area contributed by atoms with E-state index >= 15 is 0 Å². The molecule has 2 aromatic heterocycles. The topological polar surface area (TPSA) is 75.9 Å². The van der Waals surface area contributed by atoms with Gasteiger partial charge in [-0.05, 0) is 48.6 Å². The fourth-order valence-corrected chi connectivity index (χ4v) is 3.12. The van der Waals surface area contributed by atoms with E-state index in [9.17, 15) is 9.90 Å². The molecule has 0 aliphatic rings. The van der Waals surface area contributed by atoms with Crippen LogP contribution in [-0.4, -0.2) is 26.5 Å². The highest BCUT2D eigenvalue weighted by Crippen LogP contribution is 2.16. The zero-order valence-corrected chi connectivity index (χ0v) is 16.6. The Hall–Kier alpha value is -2.86. The summed E-state index contributed by atoms with van der Waals surface area (Å²) in [5.74, 6) is 0.276.